The number of hydrogen-bond donors (Lipinski definition) is 4. The number of aromatic nitrogens is 5. The van der Waals surface area contributed by atoms with Gasteiger partial charge >= 0.3 is 0 Å². The number of fused-ring (bicyclic) bond motifs is 1. The molecule has 44 heavy (non-hydrogen) atoms. The molecule has 0 radical (unpaired) electrons. The molecule has 0 bridgehead atoms. The van der Waals surface area contributed by atoms with E-state index in [-0.39, 0.29) is 18.4 Å². The second kappa shape index (κ2) is 13.2. The van der Waals surface area contributed by atoms with Crippen LogP contribution in [0.1, 0.15) is 50.3 Å². The maximum absolute atomic E-state index is 11.7. The summed E-state index contributed by atoms with van der Waals surface area (Å²) in [6.45, 7) is 3.09. The number of unbranched alkanes of at least 4 members (excludes halogenated alkanes) is 1. The van der Waals surface area contributed by atoms with E-state index in [0.717, 1.165) is 88.4 Å². The second-order valence-electron chi connectivity index (χ2n) is 11.5. The number of aryl methyl sites for hydroxylation is 1. The normalized spacial score (nSPS) is 15.1. The van der Waals surface area contributed by atoms with Crippen LogP contribution < -0.4 is 10.6 Å². The summed E-state index contributed by atoms with van der Waals surface area (Å²) in [6.07, 6.45) is 10.6. The van der Waals surface area contributed by atoms with Gasteiger partial charge in [0.25, 0.3) is 0 Å². The first kappa shape index (κ1) is 29.3. The van der Waals surface area contributed by atoms with E-state index in [1.54, 1.807) is 0 Å². The van der Waals surface area contributed by atoms with Crippen LogP contribution in [0.3, 0.4) is 0 Å². The number of benzene rings is 2. The summed E-state index contributed by atoms with van der Waals surface area (Å²) in [5, 5.41) is 6.38. The number of carbonyl (C=O) groups is 2. The summed E-state index contributed by atoms with van der Waals surface area (Å²) >= 11 is 0. The average molecular weight is 591 g/mol. The third kappa shape index (κ3) is 6.86. The Labute approximate surface area is 256 Å². The van der Waals surface area contributed by atoms with E-state index < -0.39 is 0 Å². The van der Waals surface area contributed by atoms with Crippen LogP contribution in [0.15, 0.2) is 67.1 Å². The lowest BCUT2D eigenvalue weighted by Gasteiger charge is -2.16. The first-order valence-corrected chi connectivity index (χ1v) is 15.2. The van der Waals surface area contributed by atoms with E-state index >= 15 is 0 Å². The van der Waals surface area contributed by atoms with E-state index in [4.69, 9.17) is 4.98 Å². The Balaban J connectivity index is 1.05. The van der Waals surface area contributed by atoms with Gasteiger partial charge in [0, 0.05) is 42.6 Å². The number of amides is 2. The number of hydrogen-bond acceptors (Lipinski definition) is 6. The fourth-order valence-electron chi connectivity index (χ4n) is 5.75. The Morgan fingerprint density at radius 3 is 2.43 bits per heavy atom. The highest BCUT2D eigenvalue weighted by Gasteiger charge is 2.25. The highest BCUT2D eigenvalue weighted by Crippen LogP contribution is 2.31. The molecule has 10 heteroatoms. The van der Waals surface area contributed by atoms with Crippen LogP contribution in [-0.4, -0.2) is 68.3 Å². The standard InChI is InChI=1S/C34H38N8O2/c1-22(43)36-21-33(44)35-14-4-3-7-32-38-19-30(40-32)26-13-12-25-16-27(18-37-28(25)17-26)23-8-10-24(11-9-23)29-20-39-34(41-29)31-6-5-15-42(31)2/h8-13,16-20,31H,3-7,14-15,21H2,1-2H3,(H,35,44)(H,36,43)(H,38,40)(H,39,41). The molecule has 0 spiro atoms. The van der Waals surface area contributed by atoms with Crippen LogP contribution >= 0.6 is 0 Å². The molecule has 2 amide bonds. The lowest BCUT2D eigenvalue weighted by atomic mass is 10.0. The SMILES string of the molecule is CC(=O)NCC(=O)NCCCCc1ncc(-c2ccc3cc(-c4ccc(-c5cnc(C6CCCN6C)[nH]5)cc4)cnc3c2)[nH]1. The summed E-state index contributed by atoms with van der Waals surface area (Å²) in [5.74, 6) is 1.57. The van der Waals surface area contributed by atoms with Crippen molar-refractivity contribution in [2.24, 2.45) is 0 Å². The van der Waals surface area contributed by atoms with Crippen LogP contribution in [0.2, 0.25) is 0 Å². The molecule has 1 atom stereocenters. The van der Waals surface area contributed by atoms with Crippen molar-refractivity contribution in [3.05, 3.63) is 78.8 Å². The molecule has 0 saturated carbocycles. The van der Waals surface area contributed by atoms with Gasteiger partial charge in [0.1, 0.15) is 11.6 Å². The van der Waals surface area contributed by atoms with Gasteiger partial charge in [0.15, 0.2) is 0 Å². The average Bonchev–Trinajstić information content (AvgIpc) is 3.81. The Morgan fingerprint density at radius 1 is 0.864 bits per heavy atom. The van der Waals surface area contributed by atoms with Crippen molar-refractivity contribution in [2.75, 3.05) is 26.7 Å². The summed E-state index contributed by atoms with van der Waals surface area (Å²) in [4.78, 5) is 45.9. The molecule has 1 aliphatic rings. The van der Waals surface area contributed by atoms with Crippen LogP contribution in [0.25, 0.3) is 44.5 Å². The third-order valence-electron chi connectivity index (χ3n) is 8.24. The van der Waals surface area contributed by atoms with Crippen LogP contribution in [0.4, 0.5) is 0 Å². The quantitative estimate of drug-likeness (QED) is 0.160. The number of H-pyrrole nitrogens is 2. The van der Waals surface area contributed by atoms with Gasteiger partial charge in [-0.3, -0.25) is 19.5 Å². The summed E-state index contributed by atoms with van der Waals surface area (Å²) in [5.41, 5.74) is 7.27. The van der Waals surface area contributed by atoms with Gasteiger partial charge in [-0.15, -0.1) is 0 Å². The van der Waals surface area contributed by atoms with Gasteiger partial charge in [-0.25, -0.2) is 9.97 Å². The second-order valence-corrected chi connectivity index (χ2v) is 11.5. The molecule has 6 rings (SSSR count). The minimum atomic E-state index is -0.213. The minimum Gasteiger partial charge on any atom is -0.355 e. The van der Waals surface area contributed by atoms with E-state index in [2.05, 4.69) is 91.0 Å². The Hall–Kier alpha value is -4.83. The number of aromatic amines is 2. The van der Waals surface area contributed by atoms with E-state index in [0.29, 0.717) is 12.6 Å². The number of nitrogens with zero attached hydrogens (tertiary/aromatic N) is 4. The molecule has 2 aromatic carbocycles. The van der Waals surface area contributed by atoms with E-state index in [9.17, 15) is 9.59 Å². The van der Waals surface area contributed by atoms with Crippen LogP contribution in [0.5, 0.6) is 0 Å². The molecule has 1 saturated heterocycles. The monoisotopic (exact) mass is 590 g/mol. The smallest absolute Gasteiger partial charge is 0.239 e. The maximum Gasteiger partial charge on any atom is 0.239 e. The molecule has 1 unspecified atom stereocenters. The minimum absolute atomic E-state index is 0.0119. The Morgan fingerprint density at radius 2 is 1.64 bits per heavy atom. The number of likely N-dealkylation sites (tertiary alicyclic amines) is 1. The fourth-order valence-corrected chi connectivity index (χ4v) is 5.75. The van der Waals surface area contributed by atoms with Gasteiger partial charge in [-0.1, -0.05) is 36.4 Å². The van der Waals surface area contributed by atoms with Crippen molar-refractivity contribution in [2.45, 2.75) is 45.1 Å². The van der Waals surface area contributed by atoms with Gasteiger partial charge < -0.3 is 20.6 Å². The van der Waals surface area contributed by atoms with Crippen molar-refractivity contribution in [3.63, 3.8) is 0 Å². The van der Waals surface area contributed by atoms with Crippen molar-refractivity contribution in [1.82, 2.24) is 40.5 Å². The van der Waals surface area contributed by atoms with Crippen LogP contribution in [0, 0.1) is 0 Å². The molecule has 226 valence electrons. The Bertz CT molecular complexity index is 1760. The summed E-state index contributed by atoms with van der Waals surface area (Å²) in [6, 6.07) is 17.4. The predicted octanol–water partition coefficient (Wildman–Crippen LogP) is 5.02. The maximum atomic E-state index is 11.7. The number of pyridine rings is 1. The fraction of sp³-hybridized carbons (Fsp3) is 0.324. The largest absolute Gasteiger partial charge is 0.355 e. The summed E-state index contributed by atoms with van der Waals surface area (Å²) in [7, 11) is 2.16. The summed E-state index contributed by atoms with van der Waals surface area (Å²) < 4.78 is 0. The number of imidazole rings is 2. The zero-order chi connectivity index (χ0) is 30.5. The lowest BCUT2D eigenvalue weighted by molar-refractivity contribution is -0.125. The highest BCUT2D eigenvalue weighted by atomic mass is 16.2. The number of carbonyl (C=O) groups excluding carboxylic acids is 2. The lowest BCUT2D eigenvalue weighted by Crippen LogP contribution is -2.36. The van der Waals surface area contributed by atoms with Crippen molar-refractivity contribution in [1.29, 1.82) is 0 Å². The zero-order valence-electron chi connectivity index (χ0n) is 25.2. The molecular formula is C34H38N8O2. The van der Waals surface area contributed by atoms with E-state index in [1.807, 2.05) is 18.6 Å². The van der Waals surface area contributed by atoms with Crippen molar-refractivity contribution >= 4 is 22.7 Å². The van der Waals surface area contributed by atoms with Gasteiger partial charge in [0.2, 0.25) is 11.8 Å². The molecule has 4 heterocycles. The molecular weight excluding hydrogens is 552 g/mol. The first-order valence-electron chi connectivity index (χ1n) is 15.2. The van der Waals surface area contributed by atoms with Crippen LogP contribution in [-0.2, 0) is 16.0 Å². The highest BCUT2D eigenvalue weighted by molar-refractivity contribution is 5.87. The van der Waals surface area contributed by atoms with Gasteiger partial charge in [-0.2, -0.15) is 0 Å². The zero-order valence-corrected chi connectivity index (χ0v) is 25.2. The molecule has 3 aromatic heterocycles. The topological polar surface area (TPSA) is 132 Å². The van der Waals surface area contributed by atoms with Crippen molar-refractivity contribution < 1.29 is 9.59 Å². The number of rotatable bonds is 11. The molecule has 4 N–H and O–H groups in total. The van der Waals surface area contributed by atoms with Crippen molar-refractivity contribution in [3.8, 4) is 33.6 Å². The molecule has 10 nitrogen and oxygen atoms in total. The molecule has 1 fully saturated rings. The molecule has 0 aliphatic carbocycles. The molecule has 1 aliphatic heterocycles. The third-order valence-corrected chi connectivity index (χ3v) is 8.24. The number of nitrogens with one attached hydrogen (secondary N) is 4. The van der Waals surface area contributed by atoms with Gasteiger partial charge in [0.05, 0.1) is 41.9 Å². The van der Waals surface area contributed by atoms with Gasteiger partial charge in [-0.05, 0) is 62.5 Å². The Kier molecular flexibility index (Phi) is 8.79. The predicted molar refractivity (Wildman–Crippen MR) is 172 cm³/mol. The molecule has 5 aromatic rings. The first-order chi connectivity index (χ1) is 21.4. The van der Waals surface area contributed by atoms with E-state index in [1.165, 1.54) is 13.3 Å².